The summed E-state index contributed by atoms with van der Waals surface area (Å²) in [5.41, 5.74) is 0. The van der Waals surface area contributed by atoms with Gasteiger partial charge in [0.15, 0.2) is 0 Å². The number of unbranched alkanes of at least 4 members (excludes halogenated alkanes) is 15. The Bertz CT molecular complexity index is 255. The van der Waals surface area contributed by atoms with Gasteiger partial charge >= 0.3 is 0 Å². The van der Waals surface area contributed by atoms with E-state index in [2.05, 4.69) is 27.7 Å². The molecule has 0 fully saturated rings. The van der Waals surface area contributed by atoms with Gasteiger partial charge in [0.05, 0.1) is 26.2 Å². The fraction of sp³-hybridized carbons (Fsp3) is 1.00. The standard InChI is InChI=1S/C27H58N/c1-5-9-13-17-18-19-23-27-28(24-20-14-10-6-2,25-21-15-11-7-3)26-22-16-12-8-4/h5-27H2,1-4H3/q+1. The molecule has 0 heterocycles. The van der Waals surface area contributed by atoms with Crippen LogP contribution in [0.15, 0.2) is 0 Å². The van der Waals surface area contributed by atoms with Gasteiger partial charge in [-0.2, -0.15) is 0 Å². The quantitative estimate of drug-likeness (QED) is 0.119. The van der Waals surface area contributed by atoms with Crippen molar-refractivity contribution in [3.8, 4) is 0 Å². The van der Waals surface area contributed by atoms with Gasteiger partial charge in [-0.05, 0) is 51.4 Å². The van der Waals surface area contributed by atoms with Crippen LogP contribution < -0.4 is 0 Å². The number of nitrogens with zero attached hydrogens (tertiary/aromatic N) is 1. The summed E-state index contributed by atoms with van der Waals surface area (Å²) in [6.45, 7) is 15.2. The Morgan fingerprint density at radius 3 is 0.786 bits per heavy atom. The number of hydrogen-bond donors (Lipinski definition) is 0. The maximum Gasteiger partial charge on any atom is 0.0786 e. The first-order valence-electron chi connectivity index (χ1n) is 13.6. The van der Waals surface area contributed by atoms with E-state index in [-0.39, 0.29) is 0 Å². The van der Waals surface area contributed by atoms with Crippen LogP contribution in [0.2, 0.25) is 0 Å². The third-order valence-corrected chi connectivity index (χ3v) is 6.69. The van der Waals surface area contributed by atoms with E-state index in [0.717, 1.165) is 0 Å². The molecule has 0 aliphatic carbocycles. The van der Waals surface area contributed by atoms with Crippen molar-refractivity contribution >= 4 is 0 Å². The van der Waals surface area contributed by atoms with Crippen LogP contribution in [0.3, 0.4) is 0 Å². The molecule has 0 amide bonds. The second-order valence-electron chi connectivity index (χ2n) is 9.54. The van der Waals surface area contributed by atoms with Crippen LogP contribution in [-0.4, -0.2) is 30.7 Å². The molecule has 0 unspecified atom stereocenters. The Hall–Kier alpha value is -0.0400. The number of hydrogen-bond acceptors (Lipinski definition) is 0. The molecular formula is C27H58N+. The summed E-state index contributed by atoms with van der Waals surface area (Å²) >= 11 is 0. The lowest BCUT2D eigenvalue weighted by Crippen LogP contribution is -2.50. The van der Waals surface area contributed by atoms with Gasteiger partial charge in [0.2, 0.25) is 0 Å². The molecule has 0 N–H and O–H groups in total. The summed E-state index contributed by atoms with van der Waals surface area (Å²) in [6.07, 6.45) is 27.3. The molecule has 0 aliphatic rings. The molecule has 0 saturated heterocycles. The monoisotopic (exact) mass is 396 g/mol. The van der Waals surface area contributed by atoms with Gasteiger partial charge in [-0.25, -0.2) is 0 Å². The first-order valence-corrected chi connectivity index (χ1v) is 13.6. The Kier molecular flexibility index (Phi) is 21.6. The van der Waals surface area contributed by atoms with E-state index in [4.69, 9.17) is 0 Å². The molecule has 1 heteroatoms. The summed E-state index contributed by atoms with van der Waals surface area (Å²) in [5, 5.41) is 0. The van der Waals surface area contributed by atoms with Crippen molar-refractivity contribution in [3.63, 3.8) is 0 Å². The molecule has 0 saturated carbocycles. The molecule has 170 valence electrons. The van der Waals surface area contributed by atoms with Crippen LogP contribution in [0, 0.1) is 0 Å². The highest BCUT2D eigenvalue weighted by molar-refractivity contribution is 4.54. The molecule has 0 atom stereocenters. The minimum absolute atomic E-state index is 1.37. The Morgan fingerprint density at radius 2 is 0.500 bits per heavy atom. The molecule has 0 spiro atoms. The summed E-state index contributed by atoms with van der Waals surface area (Å²) in [4.78, 5) is 0. The van der Waals surface area contributed by atoms with E-state index < -0.39 is 0 Å². The van der Waals surface area contributed by atoms with E-state index in [9.17, 15) is 0 Å². The van der Waals surface area contributed by atoms with Gasteiger partial charge in [-0.1, -0.05) is 98.3 Å². The van der Waals surface area contributed by atoms with Crippen molar-refractivity contribution in [2.75, 3.05) is 26.2 Å². The molecule has 1 nitrogen and oxygen atoms in total. The highest BCUT2D eigenvalue weighted by Crippen LogP contribution is 2.20. The van der Waals surface area contributed by atoms with Crippen molar-refractivity contribution in [2.24, 2.45) is 0 Å². The normalized spacial score (nSPS) is 12.0. The minimum Gasteiger partial charge on any atom is -0.324 e. The lowest BCUT2D eigenvalue weighted by molar-refractivity contribution is -0.929. The second-order valence-corrected chi connectivity index (χ2v) is 9.54. The zero-order valence-electron chi connectivity index (χ0n) is 20.7. The highest BCUT2D eigenvalue weighted by Gasteiger charge is 2.25. The lowest BCUT2D eigenvalue weighted by atomic mass is 10.1. The topological polar surface area (TPSA) is 0 Å². The van der Waals surface area contributed by atoms with Crippen LogP contribution >= 0.6 is 0 Å². The molecule has 0 aromatic heterocycles. The van der Waals surface area contributed by atoms with Crippen molar-refractivity contribution in [1.82, 2.24) is 0 Å². The average Bonchev–Trinajstić information content (AvgIpc) is 2.71. The van der Waals surface area contributed by atoms with Crippen LogP contribution in [0.5, 0.6) is 0 Å². The van der Waals surface area contributed by atoms with Gasteiger partial charge < -0.3 is 4.48 Å². The molecule has 28 heavy (non-hydrogen) atoms. The van der Waals surface area contributed by atoms with Crippen LogP contribution in [0.4, 0.5) is 0 Å². The van der Waals surface area contributed by atoms with E-state index in [1.165, 1.54) is 153 Å². The largest absolute Gasteiger partial charge is 0.324 e. The predicted molar refractivity (Wildman–Crippen MR) is 130 cm³/mol. The van der Waals surface area contributed by atoms with E-state index in [0.29, 0.717) is 0 Å². The molecule has 0 aliphatic heterocycles. The average molecular weight is 397 g/mol. The number of quaternary nitrogens is 1. The summed E-state index contributed by atoms with van der Waals surface area (Å²) in [7, 11) is 0. The van der Waals surface area contributed by atoms with Gasteiger partial charge in [0.1, 0.15) is 0 Å². The molecule has 0 rings (SSSR count). The van der Waals surface area contributed by atoms with Gasteiger partial charge in [-0.15, -0.1) is 0 Å². The van der Waals surface area contributed by atoms with Crippen LogP contribution in [0.1, 0.15) is 150 Å². The van der Waals surface area contributed by atoms with Crippen molar-refractivity contribution in [2.45, 2.75) is 150 Å². The third-order valence-electron chi connectivity index (χ3n) is 6.69. The maximum absolute atomic E-state index is 2.34. The fourth-order valence-electron chi connectivity index (χ4n) is 4.70. The second kappa shape index (κ2) is 21.7. The fourth-order valence-corrected chi connectivity index (χ4v) is 4.70. The van der Waals surface area contributed by atoms with Gasteiger partial charge in [0.25, 0.3) is 0 Å². The Morgan fingerprint density at radius 1 is 0.286 bits per heavy atom. The summed E-state index contributed by atoms with van der Waals surface area (Å²) in [6, 6.07) is 0. The molecular weight excluding hydrogens is 338 g/mol. The molecule has 0 aromatic carbocycles. The molecule has 0 bridgehead atoms. The first-order chi connectivity index (χ1) is 13.7. The summed E-state index contributed by atoms with van der Waals surface area (Å²) < 4.78 is 1.46. The Labute approximate surface area is 180 Å². The van der Waals surface area contributed by atoms with Crippen LogP contribution in [-0.2, 0) is 0 Å². The SMILES string of the molecule is CCCCCCCCC[N+](CCCCCC)(CCCCCC)CCCCCC. The van der Waals surface area contributed by atoms with Gasteiger partial charge in [0, 0.05) is 0 Å². The zero-order valence-corrected chi connectivity index (χ0v) is 20.7. The first kappa shape index (κ1) is 28.0. The minimum atomic E-state index is 1.37. The highest BCUT2D eigenvalue weighted by atomic mass is 15.3. The van der Waals surface area contributed by atoms with E-state index in [1.54, 1.807) is 0 Å². The molecule has 0 radical (unpaired) electrons. The summed E-state index contributed by atoms with van der Waals surface area (Å²) in [5.74, 6) is 0. The van der Waals surface area contributed by atoms with E-state index >= 15 is 0 Å². The van der Waals surface area contributed by atoms with E-state index in [1.807, 2.05) is 0 Å². The molecule has 0 aromatic rings. The van der Waals surface area contributed by atoms with Crippen molar-refractivity contribution in [1.29, 1.82) is 0 Å². The third kappa shape index (κ3) is 16.9. The smallest absolute Gasteiger partial charge is 0.0786 e. The van der Waals surface area contributed by atoms with Crippen LogP contribution in [0.25, 0.3) is 0 Å². The van der Waals surface area contributed by atoms with Crippen molar-refractivity contribution in [3.05, 3.63) is 0 Å². The Balaban J connectivity index is 4.58. The zero-order chi connectivity index (χ0) is 20.8. The lowest BCUT2D eigenvalue weighted by Gasteiger charge is -2.39. The van der Waals surface area contributed by atoms with Crippen molar-refractivity contribution < 1.29 is 4.48 Å². The maximum atomic E-state index is 2.34. The number of rotatable bonds is 23. The predicted octanol–water partition coefficient (Wildman–Crippen LogP) is 9.29. The van der Waals surface area contributed by atoms with Gasteiger partial charge in [-0.3, -0.25) is 0 Å².